The molecule has 1 fully saturated rings. The number of thioether (sulfide) groups is 1. The third kappa shape index (κ3) is 4.67. The van der Waals surface area contributed by atoms with Gasteiger partial charge >= 0.3 is 0 Å². The lowest BCUT2D eigenvalue weighted by Crippen LogP contribution is -2.32. The Morgan fingerprint density at radius 2 is 2.03 bits per heavy atom. The summed E-state index contributed by atoms with van der Waals surface area (Å²) in [5, 5.41) is 6.38. The third-order valence-electron chi connectivity index (χ3n) is 4.88. The van der Waals surface area contributed by atoms with Crippen molar-refractivity contribution in [1.82, 2.24) is 10.1 Å². The van der Waals surface area contributed by atoms with Crippen LogP contribution in [0.4, 0.5) is 5.82 Å². The van der Waals surface area contributed by atoms with Gasteiger partial charge in [0.25, 0.3) is 0 Å². The number of aromatic nitrogens is 1. The van der Waals surface area contributed by atoms with Crippen LogP contribution in [0.1, 0.15) is 30.2 Å². The molecule has 2 aromatic rings. The lowest BCUT2D eigenvalue weighted by atomic mass is 10.0. The third-order valence-corrected chi connectivity index (χ3v) is 5.80. The zero-order valence-electron chi connectivity index (χ0n) is 16.2. The molecular formula is C20H23N3O5S. The first kappa shape index (κ1) is 19.6. The molecule has 1 atom stereocenters. The second-order valence-electron chi connectivity index (χ2n) is 7.01. The van der Waals surface area contributed by atoms with Crippen LogP contribution in [0.25, 0.3) is 0 Å². The summed E-state index contributed by atoms with van der Waals surface area (Å²) < 4.78 is 16.2. The van der Waals surface area contributed by atoms with Crippen LogP contribution < -0.4 is 14.8 Å². The molecule has 1 N–H and O–H groups in total. The summed E-state index contributed by atoms with van der Waals surface area (Å²) in [6.45, 7) is 3.57. The fourth-order valence-corrected chi connectivity index (χ4v) is 4.30. The normalized spacial score (nSPS) is 18.0. The van der Waals surface area contributed by atoms with Gasteiger partial charge in [0.2, 0.25) is 11.8 Å². The number of ether oxygens (including phenoxy) is 2. The van der Waals surface area contributed by atoms with Gasteiger partial charge in [-0.25, -0.2) is 0 Å². The van der Waals surface area contributed by atoms with E-state index in [9.17, 15) is 9.59 Å². The highest BCUT2D eigenvalue weighted by atomic mass is 32.2. The highest BCUT2D eigenvalue weighted by Crippen LogP contribution is 2.38. The Morgan fingerprint density at radius 3 is 2.83 bits per heavy atom. The van der Waals surface area contributed by atoms with Gasteiger partial charge in [-0.3, -0.25) is 9.59 Å². The van der Waals surface area contributed by atoms with Gasteiger partial charge in [0.05, 0.1) is 17.5 Å². The van der Waals surface area contributed by atoms with E-state index in [0.717, 1.165) is 36.4 Å². The van der Waals surface area contributed by atoms with Crippen molar-refractivity contribution in [2.24, 2.45) is 0 Å². The van der Waals surface area contributed by atoms with Crippen LogP contribution in [-0.2, 0) is 9.59 Å². The number of nitrogens with one attached hydrogen (secondary N) is 1. The first-order valence-corrected chi connectivity index (χ1v) is 10.8. The predicted octanol–water partition coefficient (Wildman–Crippen LogP) is 2.79. The average molecular weight is 417 g/mol. The molecule has 2 aliphatic rings. The number of aryl methyl sites for hydroxylation is 1. The topological polar surface area (TPSA) is 93.9 Å². The van der Waals surface area contributed by atoms with Crippen molar-refractivity contribution in [3.8, 4) is 11.5 Å². The number of anilines is 1. The number of benzene rings is 1. The zero-order chi connectivity index (χ0) is 20.2. The SMILES string of the molecule is Cc1cc(NC(=O)CSCC(=O)N2CCCC2c2ccc3c(c2)OCCO3)no1. The number of hydrogen-bond donors (Lipinski definition) is 1. The van der Waals surface area contributed by atoms with Crippen molar-refractivity contribution in [2.45, 2.75) is 25.8 Å². The zero-order valence-corrected chi connectivity index (χ0v) is 17.0. The molecule has 29 heavy (non-hydrogen) atoms. The van der Waals surface area contributed by atoms with Crippen molar-refractivity contribution >= 4 is 29.4 Å². The Bertz CT molecular complexity index is 900. The van der Waals surface area contributed by atoms with E-state index in [1.807, 2.05) is 23.1 Å². The van der Waals surface area contributed by atoms with Gasteiger partial charge in [-0.05, 0) is 37.5 Å². The van der Waals surface area contributed by atoms with Crippen molar-refractivity contribution in [3.63, 3.8) is 0 Å². The summed E-state index contributed by atoms with van der Waals surface area (Å²) >= 11 is 1.30. The monoisotopic (exact) mass is 417 g/mol. The largest absolute Gasteiger partial charge is 0.486 e. The van der Waals surface area contributed by atoms with Crippen molar-refractivity contribution in [2.75, 3.05) is 36.6 Å². The van der Waals surface area contributed by atoms with Crippen molar-refractivity contribution in [3.05, 3.63) is 35.6 Å². The molecule has 0 aliphatic carbocycles. The van der Waals surface area contributed by atoms with Crippen LogP contribution in [0.2, 0.25) is 0 Å². The van der Waals surface area contributed by atoms with Gasteiger partial charge in [-0.2, -0.15) is 0 Å². The van der Waals surface area contributed by atoms with E-state index >= 15 is 0 Å². The first-order valence-electron chi connectivity index (χ1n) is 9.60. The van der Waals surface area contributed by atoms with E-state index in [0.29, 0.717) is 24.8 Å². The van der Waals surface area contributed by atoms with Gasteiger partial charge < -0.3 is 24.2 Å². The number of carbonyl (C=O) groups is 2. The minimum Gasteiger partial charge on any atom is -0.486 e. The van der Waals surface area contributed by atoms with Crippen LogP contribution in [0.3, 0.4) is 0 Å². The average Bonchev–Trinajstić information content (AvgIpc) is 3.36. The summed E-state index contributed by atoms with van der Waals surface area (Å²) in [7, 11) is 0. The molecule has 2 amide bonds. The number of fused-ring (bicyclic) bond motifs is 1. The second kappa shape index (κ2) is 8.77. The number of amides is 2. The number of hydrogen-bond acceptors (Lipinski definition) is 7. The number of rotatable bonds is 6. The fourth-order valence-electron chi connectivity index (χ4n) is 3.60. The highest BCUT2D eigenvalue weighted by Gasteiger charge is 2.30. The minimum absolute atomic E-state index is 0.0332. The van der Waals surface area contributed by atoms with Crippen molar-refractivity contribution in [1.29, 1.82) is 0 Å². The quantitative estimate of drug-likeness (QED) is 0.772. The summed E-state index contributed by atoms with van der Waals surface area (Å²) in [6.07, 6.45) is 1.88. The molecule has 2 aliphatic heterocycles. The van der Waals surface area contributed by atoms with Crippen LogP contribution >= 0.6 is 11.8 Å². The van der Waals surface area contributed by atoms with Gasteiger partial charge in [-0.15, -0.1) is 11.8 Å². The van der Waals surface area contributed by atoms with Gasteiger partial charge in [0.1, 0.15) is 19.0 Å². The Labute approximate surface area is 172 Å². The highest BCUT2D eigenvalue weighted by molar-refractivity contribution is 8.00. The predicted molar refractivity (Wildman–Crippen MR) is 108 cm³/mol. The maximum Gasteiger partial charge on any atom is 0.235 e. The number of nitrogens with zero attached hydrogens (tertiary/aromatic N) is 2. The molecule has 1 aromatic heterocycles. The molecule has 3 heterocycles. The minimum atomic E-state index is -0.207. The second-order valence-corrected chi connectivity index (χ2v) is 8.00. The fraction of sp³-hybridized carbons (Fsp3) is 0.450. The smallest absolute Gasteiger partial charge is 0.235 e. The van der Waals surface area contributed by atoms with Crippen LogP contribution in [0.5, 0.6) is 11.5 Å². The van der Waals surface area contributed by atoms with Gasteiger partial charge in [0.15, 0.2) is 17.3 Å². The molecule has 0 spiro atoms. The lowest BCUT2D eigenvalue weighted by molar-refractivity contribution is -0.129. The molecule has 1 aromatic carbocycles. The Kier molecular flexibility index (Phi) is 5.94. The van der Waals surface area contributed by atoms with E-state index in [1.54, 1.807) is 13.0 Å². The lowest BCUT2D eigenvalue weighted by Gasteiger charge is -2.26. The molecular weight excluding hydrogens is 394 g/mol. The Hall–Kier alpha value is -2.68. The molecule has 0 saturated carbocycles. The molecule has 1 saturated heterocycles. The maximum absolute atomic E-state index is 12.8. The van der Waals surface area contributed by atoms with E-state index < -0.39 is 0 Å². The van der Waals surface area contributed by atoms with Gasteiger partial charge in [-0.1, -0.05) is 11.2 Å². The molecule has 8 nitrogen and oxygen atoms in total. The summed E-state index contributed by atoms with van der Waals surface area (Å²) in [4.78, 5) is 26.6. The summed E-state index contributed by atoms with van der Waals surface area (Å²) in [6, 6.07) is 7.58. The molecule has 4 rings (SSSR count). The Balaban J connectivity index is 1.30. The van der Waals surface area contributed by atoms with E-state index in [1.165, 1.54) is 11.8 Å². The van der Waals surface area contributed by atoms with E-state index in [-0.39, 0.29) is 29.4 Å². The Morgan fingerprint density at radius 1 is 1.21 bits per heavy atom. The van der Waals surface area contributed by atoms with Crippen LogP contribution in [-0.4, -0.2) is 53.1 Å². The summed E-state index contributed by atoms with van der Waals surface area (Å²) in [5.74, 6) is 2.77. The van der Waals surface area contributed by atoms with Crippen LogP contribution in [0, 0.1) is 6.92 Å². The van der Waals surface area contributed by atoms with E-state index in [2.05, 4.69) is 10.5 Å². The maximum atomic E-state index is 12.8. The molecule has 9 heteroatoms. The number of likely N-dealkylation sites (tertiary alicyclic amines) is 1. The first-order chi connectivity index (χ1) is 14.1. The van der Waals surface area contributed by atoms with E-state index in [4.69, 9.17) is 14.0 Å². The number of carbonyl (C=O) groups excluding carboxylic acids is 2. The summed E-state index contributed by atoms with van der Waals surface area (Å²) in [5.41, 5.74) is 1.06. The molecule has 1 unspecified atom stereocenters. The molecule has 0 bridgehead atoms. The van der Waals surface area contributed by atoms with Gasteiger partial charge in [0, 0.05) is 12.6 Å². The molecule has 154 valence electrons. The standard InChI is InChI=1S/C20H23N3O5S/c1-13-9-18(22-28-13)21-19(24)11-29-12-20(25)23-6-2-3-15(23)14-4-5-16-17(10-14)27-8-7-26-16/h4-5,9-10,15H,2-3,6-8,11-12H2,1H3,(H,21,22,24). The molecule has 0 radical (unpaired) electrons. The van der Waals surface area contributed by atoms with Crippen molar-refractivity contribution < 1.29 is 23.6 Å². The van der Waals surface area contributed by atoms with Crippen LogP contribution in [0.15, 0.2) is 28.8 Å².